The molecule has 1 saturated heterocycles. The molecule has 1 aromatic rings. The van der Waals surface area contributed by atoms with Crippen LogP contribution in [0.5, 0.6) is 0 Å². The van der Waals surface area contributed by atoms with Crippen molar-refractivity contribution < 1.29 is 5.11 Å². The highest BCUT2D eigenvalue weighted by molar-refractivity contribution is 5.29. The van der Waals surface area contributed by atoms with Crippen molar-refractivity contribution in [3.63, 3.8) is 0 Å². The lowest BCUT2D eigenvalue weighted by Gasteiger charge is -2.27. The topological polar surface area (TPSA) is 32.3 Å². The molecule has 1 aromatic carbocycles. The smallest absolute Gasteiger partial charge is 0.0540 e. The van der Waals surface area contributed by atoms with E-state index >= 15 is 0 Å². The molecule has 0 aromatic heterocycles. The summed E-state index contributed by atoms with van der Waals surface area (Å²) in [5.41, 5.74) is 3.04. The molecular weight excluding hydrogens is 234 g/mol. The maximum Gasteiger partial charge on any atom is 0.0540 e. The molecule has 0 unspecified atom stereocenters. The minimum Gasteiger partial charge on any atom is -0.393 e. The lowest BCUT2D eigenvalue weighted by Crippen LogP contribution is -2.26. The van der Waals surface area contributed by atoms with E-state index in [0.717, 1.165) is 44.7 Å². The van der Waals surface area contributed by atoms with Crippen LogP contribution in [0.4, 0.5) is 0 Å². The number of benzene rings is 1. The van der Waals surface area contributed by atoms with Gasteiger partial charge in [0.15, 0.2) is 0 Å². The summed E-state index contributed by atoms with van der Waals surface area (Å²) in [7, 11) is 0. The third-order valence-electron chi connectivity index (χ3n) is 4.89. The van der Waals surface area contributed by atoms with Crippen molar-refractivity contribution in [3.05, 3.63) is 35.4 Å². The molecule has 2 aliphatic rings. The summed E-state index contributed by atoms with van der Waals surface area (Å²) in [6.45, 7) is 2.31. The van der Waals surface area contributed by atoms with Gasteiger partial charge in [0.1, 0.15) is 0 Å². The summed E-state index contributed by atoms with van der Waals surface area (Å²) in [6.07, 6.45) is 6.74. The maximum atomic E-state index is 9.63. The van der Waals surface area contributed by atoms with Crippen LogP contribution in [0, 0.1) is 0 Å². The van der Waals surface area contributed by atoms with E-state index in [-0.39, 0.29) is 6.10 Å². The van der Waals surface area contributed by atoms with E-state index in [2.05, 4.69) is 29.6 Å². The minimum absolute atomic E-state index is 0.0520. The molecule has 1 heterocycles. The molecule has 2 nitrogen and oxygen atoms in total. The highest BCUT2D eigenvalue weighted by Gasteiger charge is 2.22. The molecule has 104 valence electrons. The quantitative estimate of drug-likeness (QED) is 0.855. The molecule has 0 spiro atoms. The summed E-state index contributed by atoms with van der Waals surface area (Å²) in [4.78, 5) is 0. The predicted molar refractivity (Wildman–Crippen MR) is 78.5 cm³/mol. The number of aliphatic hydroxyl groups excluding tert-OH is 1. The van der Waals surface area contributed by atoms with Crippen LogP contribution in [-0.4, -0.2) is 24.3 Å². The van der Waals surface area contributed by atoms with E-state index in [4.69, 9.17) is 0 Å². The molecule has 19 heavy (non-hydrogen) atoms. The Balaban J connectivity index is 1.72. The average molecular weight is 259 g/mol. The Labute approximate surface area is 116 Å². The first kappa shape index (κ1) is 13.1. The van der Waals surface area contributed by atoms with Gasteiger partial charge in [-0.1, -0.05) is 24.3 Å². The Bertz CT molecular complexity index is 403. The molecule has 0 bridgehead atoms. The van der Waals surface area contributed by atoms with Gasteiger partial charge in [-0.3, -0.25) is 0 Å². The molecular formula is C17H25NO. The summed E-state index contributed by atoms with van der Waals surface area (Å²) in [5.74, 6) is 1.42. The molecule has 0 amide bonds. The molecule has 3 rings (SSSR count). The fraction of sp³-hybridized carbons (Fsp3) is 0.647. The van der Waals surface area contributed by atoms with Gasteiger partial charge in [0, 0.05) is 0 Å². The number of hydrogen-bond acceptors (Lipinski definition) is 2. The zero-order chi connectivity index (χ0) is 13.1. The molecule has 0 atom stereocenters. The SMILES string of the molecule is OC1CCC(c2cccc(C3CCNCC3)c2)CC1. The first-order valence-corrected chi connectivity index (χ1v) is 7.81. The zero-order valence-corrected chi connectivity index (χ0v) is 11.6. The van der Waals surface area contributed by atoms with Crippen LogP contribution in [-0.2, 0) is 0 Å². The van der Waals surface area contributed by atoms with Gasteiger partial charge in [0.25, 0.3) is 0 Å². The van der Waals surface area contributed by atoms with E-state index in [0.29, 0.717) is 5.92 Å². The largest absolute Gasteiger partial charge is 0.393 e. The number of aliphatic hydroxyl groups is 1. The maximum absolute atomic E-state index is 9.63. The van der Waals surface area contributed by atoms with Crippen molar-refractivity contribution in [2.45, 2.75) is 56.5 Å². The van der Waals surface area contributed by atoms with Crippen LogP contribution < -0.4 is 5.32 Å². The lowest BCUT2D eigenvalue weighted by atomic mass is 9.81. The Morgan fingerprint density at radius 2 is 1.42 bits per heavy atom. The summed E-state index contributed by atoms with van der Waals surface area (Å²) >= 11 is 0. The second kappa shape index (κ2) is 6.06. The number of rotatable bonds is 2. The fourth-order valence-corrected chi connectivity index (χ4v) is 3.63. The Morgan fingerprint density at radius 3 is 2.05 bits per heavy atom. The standard InChI is InChI=1S/C17H25NO/c19-17-6-4-13(5-7-17)15-2-1-3-16(12-15)14-8-10-18-11-9-14/h1-3,12-14,17-19H,4-11H2. The second-order valence-electron chi connectivity index (χ2n) is 6.20. The van der Waals surface area contributed by atoms with Gasteiger partial charge in [0.05, 0.1) is 6.10 Å². The molecule has 2 fully saturated rings. The summed E-state index contributed by atoms with van der Waals surface area (Å²) in [5, 5.41) is 13.1. The van der Waals surface area contributed by atoms with Crippen molar-refractivity contribution in [3.8, 4) is 0 Å². The van der Waals surface area contributed by atoms with Crippen LogP contribution >= 0.6 is 0 Å². The third-order valence-corrected chi connectivity index (χ3v) is 4.89. The second-order valence-corrected chi connectivity index (χ2v) is 6.20. The van der Waals surface area contributed by atoms with Gasteiger partial charge in [0.2, 0.25) is 0 Å². The third kappa shape index (κ3) is 3.18. The van der Waals surface area contributed by atoms with Crippen LogP contribution in [0.2, 0.25) is 0 Å². The number of hydrogen-bond donors (Lipinski definition) is 2. The monoisotopic (exact) mass is 259 g/mol. The van der Waals surface area contributed by atoms with Crippen molar-refractivity contribution in [1.29, 1.82) is 0 Å². The van der Waals surface area contributed by atoms with Gasteiger partial charge in [-0.05, 0) is 74.6 Å². The molecule has 0 radical (unpaired) electrons. The number of piperidine rings is 1. The molecule has 1 aliphatic carbocycles. The van der Waals surface area contributed by atoms with Crippen molar-refractivity contribution >= 4 is 0 Å². The highest BCUT2D eigenvalue weighted by Crippen LogP contribution is 2.35. The van der Waals surface area contributed by atoms with Crippen LogP contribution in [0.15, 0.2) is 24.3 Å². The average Bonchev–Trinajstić information content (AvgIpc) is 2.49. The minimum atomic E-state index is -0.0520. The number of nitrogens with one attached hydrogen (secondary N) is 1. The first-order valence-electron chi connectivity index (χ1n) is 7.81. The fourth-order valence-electron chi connectivity index (χ4n) is 3.63. The summed E-state index contributed by atoms with van der Waals surface area (Å²) in [6, 6.07) is 9.26. The van der Waals surface area contributed by atoms with E-state index < -0.39 is 0 Å². The molecule has 2 N–H and O–H groups in total. The molecule has 1 saturated carbocycles. The molecule has 2 heteroatoms. The van der Waals surface area contributed by atoms with Crippen LogP contribution in [0.3, 0.4) is 0 Å². The van der Waals surface area contributed by atoms with E-state index in [1.54, 1.807) is 0 Å². The lowest BCUT2D eigenvalue weighted by molar-refractivity contribution is 0.122. The van der Waals surface area contributed by atoms with Crippen molar-refractivity contribution in [2.75, 3.05) is 13.1 Å². The Morgan fingerprint density at radius 1 is 0.842 bits per heavy atom. The van der Waals surface area contributed by atoms with Gasteiger partial charge >= 0.3 is 0 Å². The zero-order valence-electron chi connectivity index (χ0n) is 11.6. The highest BCUT2D eigenvalue weighted by atomic mass is 16.3. The summed E-state index contributed by atoms with van der Waals surface area (Å²) < 4.78 is 0. The van der Waals surface area contributed by atoms with Gasteiger partial charge in [-0.25, -0.2) is 0 Å². The Kier molecular flexibility index (Phi) is 4.19. The predicted octanol–water partition coefficient (Wildman–Crippen LogP) is 3.17. The van der Waals surface area contributed by atoms with Crippen molar-refractivity contribution in [2.24, 2.45) is 0 Å². The Hall–Kier alpha value is -0.860. The molecule has 1 aliphatic heterocycles. The van der Waals surface area contributed by atoms with E-state index in [1.165, 1.54) is 24.0 Å². The van der Waals surface area contributed by atoms with Crippen molar-refractivity contribution in [1.82, 2.24) is 5.32 Å². The van der Waals surface area contributed by atoms with Gasteiger partial charge in [-0.15, -0.1) is 0 Å². The van der Waals surface area contributed by atoms with Gasteiger partial charge in [-0.2, -0.15) is 0 Å². The van der Waals surface area contributed by atoms with E-state index in [9.17, 15) is 5.11 Å². The van der Waals surface area contributed by atoms with Crippen LogP contribution in [0.1, 0.15) is 61.5 Å². The van der Waals surface area contributed by atoms with E-state index in [1.807, 2.05) is 0 Å². The first-order chi connectivity index (χ1) is 9.33. The van der Waals surface area contributed by atoms with Crippen LogP contribution in [0.25, 0.3) is 0 Å². The normalized spacial score (nSPS) is 29.3. The van der Waals surface area contributed by atoms with Gasteiger partial charge < -0.3 is 10.4 Å².